The summed E-state index contributed by atoms with van der Waals surface area (Å²) in [6.45, 7) is 1.08. The maximum Gasteiger partial charge on any atom is 0.269 e. The van der Waals surface area contributed by atoms with Gasteiger partial charge in [0.25, 0.3) is 5.69 Å². The Morgan fingerprint density at radius 1 is 0.889 bits per heavy atom. The first kappa shape index (κ1) is 20.5. The van der Waals surface area contributed by atoms with Crippen LogP contribution in [-0.4, -0.2) is 32.8 Å². The number of nitrogens with zero attached hydrogens (tertiary/aromatic N) is 1. The van der Waals surface area contributed by atoms with E-state index < -0.39 is 14.9 Å². The molecule has 2 aromatic rings. The third-order valence-electron chi connectivity index (χ3n) is 3.53. The van der Waals surface area contributed by atoms with Crippen molar-refractivity contribution >= 4 is 21.4 Å². The fraction of sp³-hybridized carbons (Fsp3) is 0.333. The minimum Gasteiger partial charge on any atom is -0.494 e. The van der Waals surface area contributed by atoms with Crippen molar-refractivity contribution in [3.8, 4) is 11.5 Å². The lowest BCUT2D eigenvalue weighted by molar-refractivity contribution is -0.384. The van der Waals surface area contributed by atoms with Gasteiger partial charge in [-0.1, -0.05) is 0 Å². The summed E-state index contributed by atoms with van der Waals surface area (Å²) in [6, 6.07) is 12.7. The molecule has 0 atom stereocenters. The molecule has 0 aliphatic rings. The Hall–Kier alpha value is -2.81. The first-order valence-electron chi connectivity index (χ1n) is 8.41. The Morgan fingerprint density at radius 3 is 1.81 bits per heavy atom. The molecule has 0 heterocycles. The molecule has 146 valence electrons. The lowest BCUT2D eigenvalue weighted by Crippen LogP contribution is -2.09. The normalized spacial score (nSPS) is 11.0. The molecular formula is C18H22N2O6S. The highest BCUT2D eigenvalue weighted by molar-refractivity contribution is 7.92. The van der Waals surface area contributed by atoms with Crippen LogP contribution in [0, 0.1) is 10.1 Å². The van der Waals surface area contributed by atoms with E-state index in [2.05, 4.69) is 4.72 Å². The third kappa shape index (κ3) is 7.95. The molecule has 2 rings (SSSR count). The summed E-state index contributed by atoms with van der Waals surface area (Å²) >= 11 is 0. The second-order valence-corrected chi connectivity index (χ2v) is 7.66. The van der Waals surface area contributed by atoms with Gasteiger partial charge in [-0.3, -0.25) is 14.8 Å². The zero-order valence-corrected chi connectivity index (χ0v) is 15.8. The highest BCUT2D eigenvalue weighted by Crippen LogP contribution is 2.18. The lowest BCUT2D eigenvalue weighted by Gasteiger charge is -2.08. The molecule has 0 saturated heterocycles. The van der Waals surface area contributed by atoms with E-state index in [0.29, 0.717) is 30.4 Å². The number of nitro benzene ring substituents is 1. The standard InChI is InChI=1S/C18H22N2O6S/c1-27(23,24)19-15-5-9-17(10-6-15)25-13-3-2-4-14-26-18-11-7-16(8-12-18)20(21)22/h5-12,19H,2-4,13-14H2,1H3. The van der Waals surface area contributed by atoms with Crippen LogP contribution in [0.3, 0.4) is 0 Å². The van der Waals surface area contributed by atoms with Gasteiger partial charge in [-0.2, -0.15) is 0 Å². The molecular weight excluding hydrogens is 372 g/mol. The van der Waals surface area contributed by atoms with Gasteiger partial charge in [0.1, 0.15) is 11.5 Å². The van der Waals surface area contributed by atoms with Crippen LogP contribution in [0.25, 0.3) is 0 Å². The van der Waals surface area contributed by atoms with Crippen LogP contribution in [0.1, 0.15) is 19.3 Å². The molecule has 8 nitrogen and oxygen atoms in total. The average Bonchev–Trinajstić information content (AvgIpc) is 2.61. The third-order valence-corrected chi connectivity index (χ3v) is 4.14. The molecule has 0 aliphatic carbocycles. The van der Waals surface area contributed by atoms with E-state index in [4.69, 9.17) is 9.47 Å². The molecule has 0 aromatic heterocycles. The molecule has 0 aliphatic heterocycles. The Balaban J connectivity index is 1.58. The molecule has 27 heavy (non-hydrogen) atoms. The molecule has 0 amide bonds. The molecule has 2 aromatic carbocycles. The predicted molar refractivity (Wildman–Crippen MR) is 103 cm³/mol. The number of unbranched alkanes of at least 4 members (excludes halogenated alkanes) is 2. The quantitative estimate of drug-likeness (QED) is 0.354. The maximum absolute atomic E-state index is 11.1. The maximum atomic E-state index is 11.1. The van der Waals surface area contributed by atoms with Gasteiger partial charge in [-0.05, 0) is 55.7 Å². The number of sulfonamides is 1. The Kier molecular flexibility index (Phi) is 7.42. The van der Waals surface area contributed by atoms with Gasteiger partial charge in [0.2, 0.25) is 10.0 Å². The molecule has 0 bridgehead atoms. The van der Waals surface area contributed by atoms with Crippen LogP contribution in [0.15, 0.2) is 48.5 Å². The molecule has 0 saturated carbocycles. The number of non-ortho nitro benzene ring substituents is 1. The summed E-state index contributed by atoms with van der Waals surface area (Å²) in [6.07, 6.45) is 3.72. The van der Waals surface area contributed by atoms with Crippen LogP contribution >= 0.6 is 0 Å². The Labute approximate surface area is 158 Å². The smallest absolute Gasteiger partial charge is 0.269 e. The zero-order chi connectivity index (χ0) is 19.7. The van der Waals surface area contributed by atoms with E-state index >= 15 is 0 Å². The summed E-state index contributed by atoms with van der Waals surface area (Å²) in [7, 11) is -3.28. The number of benzene rings is 2. The van der Waals surface area contributed by atoms with Crippen molar-refractivity contribution in [1.29, 1.82) is 0 Å². The fourth-order valence-corrected chi connectivity index (χ4v) is 2.82. The van der Waals surface area contributed by atoms with Gasteiger partial charge in [-0.25, -0.2) is 8.42 Å². The second kappa shape index (κ2) is 9.77. The number of anilines is 1. The Bertz CT molecular complexity index is 835. The van der Waals surface area contributed by atoms with E-state index in [-0.39, 0.29) is 5.69 Å². The number of hydrogen-bond acceptors (Lipinski definition) is 6. The summed E-state index contributed by atoms with van der Waals surface area (Å²) in [4.78, 5) is 10.1. The molecule has 0 unspecified atom stereocenters. The molecule has 0 radical (unpaired) electrons. The van der Waals surface area contributed by atoms with Crippen molar-refractivity contribution in [2.24, 2.45) is 0 Å². The zero-order valence-electron chi connectivity index (χ0n) is 15.0. The van der Waals surface area contributed by atoms with Crippen molar-refractivity contribution in [3.63, 3.8) is 0 Å². The second-order valence-electron chi connectivity index (χ2n) is 5.91. The van der Waals surface area contributed by atoms with E-state index in [1.165, 1.54) is 12.1 Å². The summed E-state index contributed by atoms with van der Waals surface area (Å²) in [5, 5.41) is 10.6. The van der Waals surface area contributed by atoms with Crippen LogP contribution in [0.5, 0.6) is 11.5 Å². The van der Waals surface area contributed by atoms with Crippen molar-refractivity contribution in [1.82, 2.24) is 0 Å². The van der Waals surface area contributed by atoms with Crippen molar-refractivity contribution in [2.75, 3.05) is 24.2 Å². The van der Waals surface area contributed by atoms with Crippen molar-refractivity contribution in [3.05, 3.63) is 58.6 Å². The number of nitro groups is 1. The van der Waals surface area contributed by atoms with Crippen molar-refractivity contribution < 1.29 is 22.8 Å². The van der Waals surface area contributed by atoms with E-state index in [1.54, 1.807) is 36.4 Å². The number of ether oxygens (including phenoxy) is 2. The number of rotatable bonds is 11. The fourth-order valence-electron chi connectivity index (χ4n) is 2.26. The Morgan fingerprint density at radius 2 is 1.37 bits per heavy atom. The van der Waals surface area contributed by atoms with Gasteiger partial charge < -0.3 is 9.47 Å². The first-order chi connectivity index (χ1) is 12.8. The summed E-state index contributed by atoms with van der Waals surface area (Å²) in [5.74, 6) is 1.29. The van der Waals surface area contributed by atoms with Crippen LogP contribution in [-0.2, 0) is 10.0 Å². The lowest BCUT2D eigenvalue weighted by atomic mass is 10.2. The molecule has 0 spiro atoms. The minimum atomic E-state index is -3.28. The van der Waals surface area contributed by atoms with Crippen molar-refractivity contribution in [2.45, 2.75) is 19.3 Å². The summed E-state index contributed by atoms with van der Waals surface area (Å²) < 4.78 is 35.8. The predicted octanol–water partition coefficient (Wildman–Crippen LogP) is 3.59. The van der Waals surface area contributed by atoms with Gasteiger partial charge in [0.05, 0.1) is 24.4 Å². The van der Waals surface area contributed by atoms with E-state index in [9.17, 15) is 18.5 Å². The van der Waals surface area contributed by atoms with Crippen LogP contribution < -0.4 is 14.2 Å². The van der Waals surface area contributed by atoms with E-state index in [1.807, 2.05) is 0 Å². The highest BCUT2D eigenvalue weighted by atomic mass is 32.2. The monoisotopic (exact) mass is 394 g/mol. The number of hydrogen-bond donors (Lipinski definition) is 1. The highest BCUT2D eigenvalue weighted by Gasteiger charge is 2.04. The SMILES string of the molecule is CS(=O)(=O)Nc1ccc(OCCCCCOc2ccc([N+](=O)[O-])cc2)cc1. The molecule has 0 fully saturated rings. The first-order valence-corrected chi connectivity index (χ1v) is 10.3. The van der Waals surface area contributed by atoms with Crippen LogP contribution in [0.4, 0.5) is 11.4 Å². The van der Waals surface area contributed by atoms with Crippen LogP contribution in [0.2, 0.25) is 0 Å². The minimum absolute atomic E-state index is 0.0413. The average molecular weight is 394 g/mol. The summed E-state index contributed by atoms with van der Waals surface area (Å²) in [5.41, 5.74) is 0.535. The van der Waals surface area contributed by atoms with E-state index in [0.717, 1.165) is 25.5 Å². The van der Waals surface area contributed by atoms with Gasteiger partial charge in [-0.15, -0.1) is 0 Å². The topological polar surface area (TPSA) is 108 Å². The molecule has 1 N–H and O–H groups in total. The number of nitrogens with one attached hydrogen (secondary N) is 1. The molecule has 9 heteroatoms. The largest absolute Gasteiger partial charge is 0.494 e. The van der Waals surface area contributed by atoms with Gasteiger partial charge >= 0.3 is 0 Å². The van der Waals surface area contributed by atoms with Gasteiger partial charge in [0, 0.05) is 17.8 Å². The van der Waals surface area contributed by atoms with Gasteiger partial charge in [0.15, 0.2) is 0 Å².